The van der Waals surface area contributed by atoms with E-state index in [1.807, 2.05) is 0 Å². The quantitative estimate of drug-likeness (QED) is 0.532. The summed E-state index contributed by atoms with van der Waals surface area (Å²) in [6.45, 7) is 0.546. The molecule has 1 saturated carbocycles. The first-order valence-electron chi connectivity index (χ1n) is 4.48. The third kappa shape index (κ3) is 1.04. The topological polar surface area (TPSA) is 64.0 Å². The van der Waals surface area contributed by atoms with Gasteiger partial charge in [-0.15, -0.1) is 0 Å². The Balaban J connectivity index is 2.20. The Kier molecular flexibility index (Phi) is 1.75. The normalized spacial score (nSPS) is 32.2. The number of urea groups is 1. The summed E-state index contributed by atoms with van der Waals surface area (Å²) in [7, 11) is 1.64. The van der Waals surface area contributed by atoms with Crippen LogP contribution in [0.5, 0.6) is 0 Å². The fraction of sp³-hybridized carbons (Fsp3) is 0.875. The predicted octanol–water partition coefficient (Wildman–Crippen LogP) is 0.232. The Labute approximate surface area is 76.5 Å². The molecule has 2 amide bonds. The van der Waals surface area contributed by atoms with Crippen LogP contribution in [0.4, 0.5) is 4.79 Å². The molecule has 2 fully saturated rings. The molecular weight excluding hydrogens is 172 g/mol. The fourth-order valence-electron chi connectivity index (χ4n) is 2.21. The van der Waals surface area contributed by atoms with E-state index in [9.17, 15) is 15.1 Å². The summed E-state index contributed by atoms with van der Waals surface area (Å²) in [4.78, 5) is 12.7. The van der Waals surface area contributed by atoms with Gasteiger partial charge in [0, 0.05) is 19.0 Å². The number of aliphatic hydroxyl groups excluding tert-OH is 1. The highest BCUT2D eigenvalue weighted by Gasteiger charge is 2.52. The highest BCUT2D eigenvalue weighted by atomic mass is 16.6. The van der Waals surface area contributed by atoms with Gasteiger partial charge in [0.25, 0.3) is 0 Å². The average Bonchev–Trinajstić information content (AvgIpc) is 2.05. The van der Waals surface area contributed by atoms with Crippen molar-refractivity contribution in [2.24, 2.45) is 5.41 Å². The van der Waals surface area contributed by atoms with Crippen LogP contribution in [0.1, 0.15) is 19.3 Å². The van der Waals surface area contributed by atoms with Gasteiger partial charge in [-0.25, -0.2) is 4.79 Å². The van der Waals surface area contributed by atoms with Gasteiger partial charge < -0.3 is 10.0 Å². The van der Waals surface area contributed by atoms with Gasteiger partial charge in [-0.05, 0) is 12.8 Å². The summed E-state index contributed by atoms with van der Waals surface area (Å²) in [5, 5.41) is 19.4. The van der Waals surface area contributed by atoms with Gasteiger partial charge in [0.1, 0.15) is 0 Å². The van der Waals surface area contributed by atoms with Crippen molar-refractivity contribution in [3.05, 3.63) is 0 Å². The molecular formula is C8H14N2O3. The van der Waals surface area contributed by atoms with Crippen LogP contribution in [0.25, 0.3) is 0 Å². The largest absolute Gasteiger partial charge is 0.370 e. The number of nitrogens with zero attached hydrogens (tertiary/aromatic N) is 2. The Bertz CT molecular complexity index is 240. The van der Waals surface area contributed by atoms with Crippen molar-refractivity contribution >= 4 is 6.03 Å². The van der Waals surface area contributed by atoms with E-state index in [1.54, 1.807) is 7.05 Å². The molecule has 13 heavy (non-hydrogen) atoms. The summed E-state index contributed by atoms with van der Waals surface area (Å²) in [5.74, 6) is 0. The number of hydrogen-bond acceptors (Lipinski definition) is 3. The van der Waals surface area contributed by atoms with E-state index in [-0.39, 0.29) is 5.41 Å². The third-order valence-electron chi connectivity index (χ3n) is 3.20. The summed E-state index contributed by atoms with van der Waals surface area (Å²) >= 11 is 0. The van der Waals surface area contributed by atoms with E-state index >= 15 is 0 Å². The Morgan fingerprint density at radius 1 is 1.54 bits per heavy atom. The van der Waals surface area contributed by atoms with Crippen molar-refractivity contribution in [3.63, 3.8) is 0 Å². The number of aliphatic hydroxyl groups is 1. The highest BCUT2D eigenvalue weighted by Crippen LogP contribution is 2.47. The van der Waals surface area contributed by atoms with Gasteiger partial charge in [0.2, 0.25) is 0 Å². The van der Waals surface area contributed by atoms with Crippen LogP contribution in [0.15, 0.2) is 0 Å². The molecule has 1 atom stereocenters. The Morgan fingerprint density at radius 2 is 2.15 bits per heavy atom. The molecule has 2 N–H and O–H groups in total. The molecule has 1 aliphatic heterocycles. The van der Waals surface area contributed by atoms with Crippen molar-refractivity contribution in [1.29, 1.82) is 0 Å². The second kappa shape index (κ2) is 2.59. The summed E-state index contributed by atoms with van der Waals surface area (Å²) in [6.07, 6.45) is 1.79. The molecule has 0 aromatic carbocycles. The molecule has 0 aromatic rings. The van der Waals surface area contributed by atoms with Crippen molar-refractivity contribution in [1.82, 2.24) is 9.96 Å². The second-order valence-corrected chi connectivity index (χ2v) is 4.07. The summed E-state index contributed by atoms with van der Waals surface area (Å²) in [6, 6.07) is -0.523. The highest BCUT2D eigenvalue weighted by molar-refractivity contribution is 5.74. The smallest absolute Gasteiger partial charge is 0.346 e. The van der Waals surface area contributed by atoms with Gasteiger partial charge in [0.05, 0.1) is 0 Å². The lowest BCUT2D eigenvalue weighted by Gasteiger charge is -2.52. The van der Waals surface area contributed by atoms with E-state index in [2.05, 4.69) is 0 Å². The molecule has 1 heterocycles. The number of hydrogen-bond donors (Lipinski definition) is 2. The first-order valence-corrected chi connectivity index (χ1v) is 4.48. The van der Waals surface area contributed by atoms with Crippen LogP contribution in [0.2, 0.25) is 0 Å². The molecule has 74 valence electrons. The van der Waals surface area contributed by atoms with E-state index < -0.39 is 12.3 Å². The molecule has 1 saturated heterocycles. The van der Waals surface area contributed by atoms with Crippen LogP contribution >= 0.6 is 0 Å². The van der Waals surface area contributed by atoms with Gasteiger partial charge in [-0.1, -0.05) is 6.42 Å². The van der Waals surface area contributed by atoms with Crippen LogP contribution in [-0.4, -0.2) is 46.1 Å². The molecule has 1 spiro atoms. The van der Waals surface area contributed by atoms with Crippen molar-refractivity contribution in [2.75, 3.05) is 13.6 Å². The summed E-state index contributed by atoms with van der Waals surface area (Å²) < 4.78 is 0. The zero-order valence-corrected chi connectivity index (χ0v) is 7.60. The van der Waals surface area contributed by atoms with Gasteiger partial charge in [-0.2, -0.15) is 5.06 Å². The van der Waals surface area contributed by atoms with Crippen molar-refractivity contribution in [2.45, 2.75) is 25.5 Å². The van der Waals surface area contributed by atoms with Crippen LogP contribution in [-0.2, 0) is 0 Å². The third-order valence-corrected chi connectivity index (χ3v) is 3.20. The number of amides is 2. The van der Waals surface area contributed by atoms with E-state index in [1.165, 1.54) is 4.90 Å². The molecule has 0 radical (unpaired) electrons. The number of carbonyl (C=O) groups is 1. The maximum absolute atomic E-state index is 11.2. The minimum Gasteiger partial charge on any atom is -0.370 e. The fourth-order valence-corrected chi connectivity index (χ4v) is 2.21. The molecule has 5 nitrogen and oxygen atoms in total. The number of rotatable bonds is 0. The van der Waals surface area contributed by atoms with Gasteiger partial charge >= 0.3 is 6.03 Å². The first-order chi connectivity index (χ1) is 6.07. The SMILES string of the molecule is CN1CC2(CCC2)C(O)N(O)C1=O. The number of hydroxylamine groups is 2. The predicted molar refractivity (Wildman–Crippen MR) is 43.9 cm³/mol. The lowest BCUT2D eigenvalue weighted by molar-refractivity contribution is -0.245. The standard InChI is InChI=1S/C8H14N2O3/c1-9-5-8(3-2-4-8)6(11)10(13)7(9)12/h6,11,13H,2-5H2,1H3. The molecule has 1 aliphatic carbocycles. The minimum absolute atomic E-state index is 0.280. The molecule has 2 rings (SSSR count). The zero-order chi connectivity index (χ0) is 9.64. The van der Waals surface area contributed by atoms with Crippen LogP contribution < -0.4 is 0 Å². The van der Waals surface area contributed by atoms with Gasteiger partial charge in [0.15, 0.2) is 6.23 Å². The van der Waals surface area contributed by atoms with E-state index in [0.29, 0.717) is 11.6 Å². The molecule has 5 heteroatoms. The van der Waals surface area contributed by atoms with Gasteiger partial charge in [-0.3, -0.25) is 5.21 Å². The second-order valence-electron chi connectivity index (χ2n) is 4.07. The average molecular weight is 186 g/mol. The molecule has 0 bridgehead atoms. The van der Waals surface area contributed by atoms with E-state index in [4.69, 9.17) is 0 Å². The molecule has 1 unspecified atom stereocenters. The Morgan fingerprint density at radius 3 is 2.62 bits per heavy atom. The number of carbonyl (C=O) groups excluding carboxylic acids is 1. The Hall–Kier alpha value is -0.810. The zero-order valence-electron chi connectivity index (χ0n) is 7.60. The van der Waals surface area contributed by atoms with Crippen molar-refractivity contribution < 1.29 is 15.1 Å². The van der Waals surface area contributed by atoms with Crippen molar-refractivity contribution in [3.8, 4) is 0 Å². The minimum atomic E-state index is -1.02. The lowest BCUT2D eigenvalue weighted by Crippen LogP contribution is -2.64. The lowest BCUT2D eigenvalue weighted by atomic mass is 9.66. The monoisotopic (exact) mass is 186 g/mol. The van der Waals surface area contributed by atoms with Crippen LogP contribution in [0, 0.1) is 5.41 Å². The summed E-state index contributed by atoms with van der Waals surface area (Å²) in [5.41, 5.74) is -0.280. The molecule has 2 aliphatic rings. The maximum atomic E-state index is 11.2. The first kappa shape index (κ1) is 8.77. The molecule has 0 aromatic heterocycles. The van der Waals surface area contributed by atoms with Crippen LogP contribution in [0.3, 0.4) is 0 Å². The van der Waals surface area contributed by atoms with E-state index in [0.717, 1.165) is 19.3 Å². The maximum Gasteiger partial charge on any atom is 0.346 e.